The van der Waals surface area contributed by atoms with Crippen molar-refractivity contribution >= 4 is 23.7 Å². The van der Waals surface area contributed by atoms with E-state index in [1.54, 1.807) is 6.92 Å². The smallest absolute Gasteiger partial charge is 0.359 e. The third kappa shape index (κ3) is 11.5. The monoisotopic (exact) mass is 633 g/mol. The summed E-state index contributed by atoms with van der Waals surface area (Å²) in [6.07, 6.45) is 5.52. The third-order valence-corrected chi connectivity index (χ3v) is 7.55. The summed E-state index contributed by atoms with van der Waals surface area (Å²) in [5.41, 5.74) is 6.25. The molecule has 0 saturated heterocycles. The summed E-state index contributed by atoms with van der Waals surface area (Å²) < 4.78 is 6.34. The first-order valence-corrected chi connectivity index (χ1v) is 15.9. The number of rotatable bonds is 18. The minimum atomic E-state index is -2.28. The number of aromatic nitrogens is 2. The van der Waals surface area contributed by atoms with Crippen LogP contribution in [0.25, 0.3) is 0 Å². The fourth-order valence-electron chi connectivity index (χ4n) is 5.04. The Balaban J connectivity index is 1.75. The van der Waals surface area contributed by atoms with Gasteiger partial charge in [0.2, 0.25) is 23.4 Å². The number of esters is 1. The van der Waals surface area contributed by atoms with E-state index >= 15 is 0 Å². The van der Waals surface area contributed by atoms with Crippen molar-refractivity contribution in [2.75, 3.05) is 6.61 Å². The third-order valence-electron chi connectivity index (χ3n) is 7.55. The highest BCUT2D eigenvalue weighted by atomic mass is 16.6. The van der Waals surface area contributed by atoms with E-state index in [0.29, 0.717) is 37.3 Å². The molecule has 11 nitrogen and oxygen atoms in total. The van der Waals surface area contributed by atoms with Gasteiger partial charge in [-0.3, -0.25) is 19.0 Å². The first-order chi connectivity index (χ1) is 22.0. The molecular weight excluding hydrogens is 586 g/mol. The molecular formula is C35H47N5O6. The number of carbonyl (C=O) groups is 4. The van der Waals surface area contributed by atoms with Gasteiger partial charge in [0.1, 0.15) is 12.4 Å². The Morgan fingerprint density at radius 1 is 0.978 bits per heavy atom. The van der Waals surface area contributed by atoms with Crippen LogP contribution in [0.2, 0.25) is 0 Å². The zero-order chi connectivity index (χ0) is 33.5. The van der Waals surface area contributed by atoms with E-state index in [4.69, 9.17) is 10.5 Å². The lowest BCUT2D eigenvalue weighted by Gasteiger charge is -2.29. The number of carbonyl (C=O) groups excluding carboxylic acids is 4. The highest BCUT2D eigenvalue weighted by Gasteiger charge is 2.40. The highest BCUT2D eigenvalue weighted by Crippen LogP contribution is 2.18. The van der Waals surface area contributed by atoms with Gasteiger partial charge in [0.05, 0.1) is 18.3 Å². The summed E-state index contributed by atoms with van der Waals surface area (Å²) in [7, 11) is 0. The van der Waals surface area contributed by atoms with E-state index in [1.807, 2.05) is 74.5 Å². The summed E-state index contributed by atoms with van der Waals surface area (Å²) in [5, 5.41) is 16.5. The molecule has 0 aliphatic rings. The number of nitrogens with one attached hydrogen (secondary N) is 2. The fourth-order valence-corrected chi connectivity index (χ4v) is 5.04. The van der Waals surface area contributed by atoms with Crippen molar-refractivity contribution in [2.45, 2.75) is 89.9 Å². The summed E-state index contributed by atoms with van der Waals surface area (Å²) in [5.74, 6) is -2.18. The van der Waals surface area contributed by atoms with E-state index in [-0.39, 0.29) is 37.7 Å². The van der Waals surface area contributed by atoms with Crippen LogP contribution in [0.1, 0.15) is 74.5 Å². The largest absolute Gasteiger partial charge is 0.462 e. The molecule has 46 heavy (non-hydrogen) atoms. The zero-order valence-corrected chi connectivity index (χ0v) is 27.0. The van der Waals surface area contributed by atoms with Gasteiger partial charge >= 0.3 is 5.97 Å². The Labute approximate surface area is 270 Å². The normalized spacial score (nSPS) is 13.8. The second kappa shape index (κ2) is 18.0. The first-order valence-electron chi connectivity index (χ1n) is 15.9. The molecule has 0 aliphatic heterocycles. The molecule has 3 aromatic rings. The number of imidazole rings is 1. The number of aliphatic hydroxyl groups is 1. The van der Waals surface area contributed by atoms with Crippen LogP contribution in [0.15, 0.2) is 73.2 Å². The summed E-state index contributed by atoms with van der Waals surface area (Å²) >= 11 is 0. The van der Waals surface area contributed by atoms with Gasteiger partial charge in [-0.05, 0) is 49.7 Å². The summed E-state index contributed by atoms with van der Waals surface area (Å²) in [6, 6.07) is 17.1. The predicted octanol–water partition coefficient (Wildman–Crippen LogP) is 3.34. The Morgan fingerprint density at radius 2 is 1.63 bits per heavy atom. The lowest BCUT2D eigenvalue weighted by atomic mass is 9.99. The van der Waals surface area contributed by atoms with Crippen LogP contribution in [0.5, 0.6) is 0 Å². The van der Waals surface area contributed by atoms with Crippen molar-refractivity contribution in [3.63, 3.8) is 0 Å². The van der Waals surface area contributed by atoms with Gasteiger partial charge in [0.15, 0.2) is 0 Å². The molecule has 3 rings (SSSR count). The van der Waals surface area contributed by atoms with Crippen molar-refractivity contribution < 1.29 is 29.0 Å². The molecule has 0 bridgehead atoms. The maximum Gasteiger partial charge on any atom is 0.359 e. The lowest BCUT2D eigenvalue weighted by Crippen LogP contribution is -2.60. The average molecular weight is 634 g/mol. The number of amides is 2. The Morgan fingerprint density at radius 3 is 2.26 bits per heavy atom. The maximum atomic E-state index is 13.6. The Bertz CT molecular complexity index is 1410. The molecule has 2 aromatic carbocycles. The molecule has 3 atom stereocenters. The van der Waals surface area contributed by atoms with Gasteiger partial charge in [0, 0.05) is 25.5 Å². The average Bonchev–Trinajstić information content (AvgIpc) is 3.49. The van der Waals surface area contributed by atoms with Crippen LogP contribution in [-0.4, -0.2) is 62.8 Å². The number of aryl methyl sites for hydroxylation is 1. The van der Waals surface area contributed by atoms with Gasteiger partial charge in [-0.25, -0.2) is 9.78 Å². The number of hydrogen-bond donors (Lipinski definition) is 4. The molecule has 11 heteroatoms. The number of hydrogen-bond acceptors (Lipinski definition) is 8. The van der Waals surface area contributed by atoms with E-state index in [2.05, 4.69) is 15.6 Å². The SMILES string of the molecule is CCOC(=O)C(O)(CCCC(C)C)NC(=O)C(Cc1cn(C(=O)[C@@H](N)Cc2ccccc2)cn1)NC(=O)CCCc1ccccc1. The van der Waals surface area contributed by atoms with Crippen molar-refractivity contribution in [1.82, 2.24) is 20.2 Å². The van der Waals surface area contributed by atoms with Crippen LogP contribution < -0.4 is 16.4 Å². The molecule has 0 fully saturated rings. The minimum absolute atomic E-state index is 0.0145. The molecule has 1 aromatic heterocycles. The second-order valence-electron chi connectivity index (χ2n) is 11.9. The van der Waals surface area contributed by atoms with Gasteiger partial charge in [0.25, 0.3) is 0 Å². The first kappa shape index (κ1) is 36.1. The van der Waals surface area contributed by atoms with Crippen molar-refractivity contribution in [1.29, 1.82) is 0 Å². The molecule has 0 radical (unpaired) electrons. The maximum absolute atomic E-state index is 13.6. The van der Waals surface area contributed by atoms with Crippen LogP contribution >= 0.6 is 0 Å². The van der Waals surface area contributed by atoms with Gasteiger partial charge < -0.3 is 26.2 Å². The lowest BCUT2D eigenvalue weighted by molar-refractivity contribution is -0.173. The molecule has 0 aliphatic carbocycles. The molecule has 2 amide bonds. The molecule has 248 valence electrons. The van der Waals surface area contributed by atoms with Crippen LogP contribution in [0, 0.1) is 5.92 Å². The second-order valence-corrected chi connectivity index (χ2v) is 11.9. The molecule has 0 spiro atoms. The molecule has 1 heterocycles. The van der Waals surface area contributed by atoms with Gasteiger partial charge in [-0.2, -0.15) is 0 Å². The topological polar surface area (TPSA) is 166 Å². The Hall–Kier alpha value is -4.35. The summed E-state index contributed by atoms with van der Waals surface area (Å²) in [4.78, 5) is 56.8. The van der Waals surface area contributed by atoms with Crippen molar-refractivity contribution in [2.24, 2.45) is 11.7 Å². The van der Waals surface area contributed by atoms with E-state index in [0.717, 1.165) is 17.5 Å². The number of nitrogens with zero attached hydrogens (tertiary/aromatic N) is 2. The van der Waals surface area contributed by atoms with Gasteiger partial charge in [-0.1, -0.05) is 80.9 Å². The zero-order valence-electron chi connectivity index (χ0n) is 27.0. The van der Waals surface area contributed by atoms with Crippen LogP contribution in [-0.2, 0) is 38.4 Å². The van der Waals surface area contributed by atoms with Crippen molar-refractivity contribution in [3.05, 3.63) is 90.0 Å². The minimum Gasteiger partial charge on any atom is -0.462 e. The highest BCUT2D eigenvalue weighted by molar-refractivity contribution is 5.92. The number of nitrogens with two attached hydrogens (primary N) is 1. The number of benzene rings is 2. The van der Waals surface area contributed by atoms with Gasteiger partial charge in [-0.15, -0.1) is 0 Å². The van der Waals surface area contributed by atoms with Crippen LogP contribution in [0.4, 0.5) is 0 Å². The predicted molar refractivity (Wildman–Crippen MR) is 174 cm³/mol. The molecule has 2 unspecified atom stereocenters. The van der Waals surface area contributed by atoms with E-state index in [9.17, 15) is 24.3 Å². The standard InChI is InChI=1S/C35H47N5O6/c1-4-46-34(44)35(45,20-12-13-25(2)3)39-32(42)30(38-31(41)19-11-18-26-14-7-5-8-15-26)22-28-23-40(24-37-28)33(43)29(36)21-27-16-9-6-10-17-27/h5-10,14-17,23-25,29-30,45H,4,11-13,18-22,36H2,1-3H3,(H,38,41)(H,39,42)/t29-,30?,35?/m0/s1. The molecule has 5 N–H and O–H groups in total. The van der Waals surface area contributed by atoms with E-state index in [1.165, 1.54) is 17.1 Å². The quantitative estimate of drug-likeness (QED) is 0.122. The van der Waals surface area contributed by atoms with Crippen LogP contribution in [0.3, 0.4) is 0 Å². The fraction of sp³-hybridized carbons (Fsp3) is 0.457. The summed E-state index contributed by atoms with van der Waals surface area (Å²) in [6.45, 7) is 5.66. The Kier molecular flexibility index (Phi) is 14.1. The number of ether oxygens (including phenoxy) is 1. The van der Waals surface area contributed by atoms with Crippen molar-refractivity contribution in [3.8, 4) is 0 Å². The molecule has 0 saturated carbocycles. The van der Waals surface area contributed by atoms with E-state index < -0.39 is 29.7 Å².